The third kappa shape index (κ3) is 8.40. The Morgan fingerprint density at radius 2 is 0.825 bits per heavy atom. The van der Waals surface area contributed by atoms with Gasteiger partial charge in [-0.25, -0.2) is 0 Å². The zero-order chi connectivity index (χ0) is 27.7. The first kappa shape index (κ1) is 34.9. The summed E-state index contributed by atoms with van der Waals surface area (Å²) in [7, 11) is -2.41. The molecule has 0 fully saturated rings. The summed E-state index contributed by atoms with van der Waals surface area (Å²) in [6, 6.07) is 35.8. The Hall–Kier alpha value is -1.27. The van der Waals surface area contributed by atoms with Crippen LogP contribution in [0.1, 0.15) is 0 Å². The maximum Gasteiger partial charge on any atom is -1.00 e. The van der Waals surface area contributed by atoms with Gasteiger partial charge in [-0.2, -0.15) is 12.1 Å². The monoisotopic (exact) mass is 692 g/mol. The fourth-order valence-corrected chi connectivity index (χ4v) is 7.13. The molecule has 0 unspecified atom stereocenters. The third-order valence-electron chi connectivity index (χ3n) is 6.96. The van der Waals surface area contributed by atoms with Gasteiger partial charge in [-0.05, 0) is 0 Å². The summed E-state index contributed by atoms with van der Waals surface area (Å²) < 4.78 is 0. The van der Waals surface area contributed by atoms with Gasteiger partial charge >= 0.3 is 41.9 Å². The van der Waals surface area contributed by atoms with E-state index in [2.05, 4.69) is 149 Å². The van der Waals surface area contributed by atoms with Crippen molar-refractivity contribution in [1.29, 1.82) is 0 Å². The summed E-state index contributed by atoms with van der Waals surface area (Å²) in [5.74, 6) is 0. The average Bonchev–Trinajstić information content (AvgIpc) is 3.49. The van der Waals surface area contributed by atoms with Crippen molar-refractivity contribution in [3.63, 3.8) is 0 Å². The van der Waals surface area contributed by atoms with Crippen molar-refractivity contribution in [2.24, 2.45) is 0 Å². The van der Waals surface area contributed by atoms with Crippen molar-refractivity contribution < 1.29 is 48.1 Å². The van der Waals surface area contributed by atoms with Gasteiger partial charge < -0.3 is 24.8 Å². The van der Waals surface area contributed by atoms with E-state index in [1.807, 2.05) is 0 Å². The van der Waals surface area contributed by atoms with Gasteiger partial charge in [0.1, 0.15) is 0 Å². The number of halogens is 2. The quantitative estimate of drug-likeness (QED) is 0.193. The second-order valence-corrected chi connectivity index (χ2v) is 32.1. The van der Waals surface area contributed by atoms with Crippen LogP contribution < -0.4 is 35.2 Å². The van der Waals surface area contributed by atoms with E-state index >= 15 is 0 Å². The van der Waals surface area contributed by atoms with E-state index < -0.39 is 16.1 Å². The minimum atomic E-state index is -1.20. The summed E-state index contributed by atoms with van der Waals surface area (Å²) in [5, 5.41) is 14.2. The van der Waals surface area contributed by atoms with Crippen LogP contribution in [0.3, 0.4) is 0 Å². The molecule has 0 N–H and O–H groups in total. The Bertz CT molecular complexity index is 1610. The van der Waals surface area contributed by atoms with E-state index in [0.29, 0.717) is 0 Å². The standard InChI is InChI=1S/2C16H17Si.C2H6Si.2ClH.Zr/c2*1-17(2,3)14-10-13-9-8-12-6-4-5-7-15(12)16(13)11-14;1-3-2;;;/h2*4-11H,1-3H3;1-2H3;2*1H;/q2*-1;;;;+2/p-2. The zero-order valence-corrected chi connectivity index (χ0v) is 32.0. The van der Waals surface area contributed by atoms with E-state index in [0.717, 1.165) is 0 Å². The number of hydrogen-bond acceptors (Lipinski definition) is 0. The third-order valence-corrected chi connectivity index (χ3v) is 11.0. The minimum absolute atomic E-state index is 0. The molecule has 0 saturated carbocycles. The molecule has 0 spiro atoms. The van der Waals surface area contributed by atoms with Crippen LogP contribution in [0.2, 0.25) is 52.4 Å². The molecule has 0 heterocycles. The minimum Gasteiger partial charge on any atom is -1.00 e. The zero-order valence-electron chi connectivity index (χ0n) is 25.0. The van der Waals surface area contributed by atoms with Crippen LogP contribution in [0.5, 0.6) is 0 Å². The average molecular weight is 695 g/mol. The first-order valence-electron chi connectivity index (χ1n) is 13.5. The second kappa shape index (κ2) is 14.3. The molecule has 6 aromatic rings. The Labute approximate surface area is 270 Å². The van der Waals surface area contributed by atoms with Crippen molar-refractivity contribution in [2.45, 2.75) is 52.4 Å². The van der Waals surface area contributed by atoms with Crippen molar-refractivity contribution in [3.05, 3.63) is 97.1 Å². The van der Waals surface area contributed by atoms with Crippen LogP contribution in [0.15, 0.2) is 97.1 Å². The molecular formula is C34H40Cl2Si3Zr-2. The first-order valence-corrected chi connectivity index (χ1v) is 26.7. The van der Waals surface area contributed by atoms with Gasteiger partial charge in [-0.1, -0.05) is 121 Å². The molecular weight excluding hydrogens is 655 g/mol. The summed E-state index contributed by atoms with van der Waals surface area (Å²) in [4.78, 5) is 0. The number of rotatable bonds is 2. The first-order chi connectivity index (χ1) is 17.8. The molecule has 40 heavy (non-hydrogen) atoms. The topological polar surface area (TPSA) is 0 Å². The fourth-order valence-electron chi connectivity index (χ4n) is 4.79. The molecule has 0 saturated heterocycles. The van der Waals surface area contributed by atoms with E-state index in [4.69, 9.17) is 0 Å². The van der Waals surface area contributed by atoms with Crippen LogP contribution in [-0.4, -0.2) is 21.6 Å². The van der Waals surface area contributed by atoms with Crippen molar-refractivity contribution >= 4 is 75.0 Å². The van der Waals surface area contributed by atoms with Gasteiger partial charge in [-0.15, -0.1) is 56.2 Å². The molecule has 0 nitrogen and oxygen atoms in total. The second-order valence-electron chi connectivity index (χ2n) is 12.6. The number of benzene rings is 4. The van der Waals surface area contributed by atoms with Gasteiger partial charge in [0.25, 0.3) is 0 Å². The Morgan fingerprint density at radius 3 is 1.15 bits per heavy atom. The molecule has 0 aromatic heterocycles. The van der Waals surface area contributed by atoms with Crippen LogP contribution in [0, 0.1) is 0 Å². The fraction of sp³-hybridized carbons (Fsp3) is 0.235. The van der Waals surface area contributed by atoms with E-state index in [1.54, 1.807) is 33.7 Å². The Morgan fingerprint density at radius 1 is 0.525 bits per heavy atom. The normalized spacial score (nSPS) is 11.2. The number of fused-ring (bicyclic) bond motifs is 6. The molecule has 0 aliphatic rings. The molecule has 0 atom stereocenters. The van der Waals surface area contributed by atoms with Gasteiger partial charge in [0.15, 0.2) is 0 Å². The van der Waals surface area contributed by atoms with Crippen molar-refractivity contribution in [2.75, 3.05) is 0 Å². The molecule has 208 valence electrons. The summed E-state index contributed by atoms with van der Waals surface area (Å²) in [6.07, 6.45) is 0. The van der Waals surface area contributed by atoms with Crippen LogP contribution >= 0.6 is 0 Å². The van der Waals surface area contributed by atoms with E-state index in [9.17, 15) is 0 Å². The Balaban J connectivity index is 0.000000237. The molecule has 0 amide bonds. The van der Waals surface area contributed by atoms with Gasteiger partial charge in [0.2, 0.25) is 0 Å². The molecule has 6 heteroatoms. The smallest absolute Gasteiger partial charge is 1.00 e. The van der Waals surface area contributed by atoms with Gasteiger partial charge in [-0.3, -0.25) is 0 Å². The predicted octanol–water partition coefficient (Wildman–Crippen LogP) is 3.31. The van der Waals surface area contributed by atoms with E-state index in [1.165, 1.54) is 43.1 Å². The molecule has 0 radical (unpaired) electrons. The molecule has 0 bridgehead atoms. The van der Waals surface area contributed by atoms with Gasteiger partial charge in [0, 0.05) is 0 Å². The number of hydrogen-bond donors (Lipinski definition) is 0. The Kier molecular flexibility index (Phi) is 12.5. The SMILES string of the molecule is C[Si](C)(C)c1cc2ccc3ccccc3c2[cH-]1.C[Si](C)(C)c1cc2ccc3ccccc3c2[cH-]1.C[Si](C)=[Zr+2].[Cl-].[Cl-]. The van der Waals surface area contributed by atoms with Crippen molar-refractivity contribution in [1.82, 2.24) is 0 Å². The molecule has 0 aliphatic heterocycles. The summed E-state index contributed by atoms with van der Waals surface area (Å²) in [6.45, 7) is 19.1. The predicted molar refractivity (Wildman–Crippen MR) is 178 cm³/mol. The maximum atomic E-state index is 2.41. The summed E-state index contributed by atoms with van der Waals surface area (Å²) in [5.41, 5.74) is 0.210. The largest absolute Gasteiger partial charge is 1.00 e. The van der Waals surface area contributed by atoms with Gasteiger partial charge in [0.05, 0.1) is 16.1 Å². The van der Waals surface area contributed by atoms with E-state index in [-0.39, 0.29) is 30.2 Å². The molecule has 6 rings (SSSR count). The maximum absolute atomic E-state index is 2.41. The summed E-state index contributed by atoms with van der Waals surface area (Å²) >= 11 is 1.74. The van der Waals surface area contributed by atoms with Crippen LogP contribution in [0.25, 0.3) is 43.1 Å². The molecule has 6 aromatic carbocycles. The van der Waals surface area contributed by atoms with Crippen LogP contribution in [0.4, 0.5) is 0 Å². The molecule has 0 aliphatic carbocycles. The van der Waals surface area contributed by atoms with Crippen LogP contribution in [-0.2, 0) is 23.3 Å². The van der Waals surface area contributed by atoms with Crippen molar-refractivity contribution in [3.8, 4) is 0 Å².